The summed E-state index contributed by atoms with van der Waals surface area (Å²) in [4.78, 5) is 12.8. The Hall–Kier alpha value is -0.570. The molecular weight excluding hydrogens is 408 g/mol. The van der Waals surface area contributed by atoms with Crippen LogP contribution in [0.4, 0.5) is 0 Å². The molecule has 5 rings (SSSR count). The molecule has 0 aromatic heterocycles. The first kappa shape index (κ1) is 24.1. The summed E-state index contributed by atoms with van der Waals surface area (Å²) in [5.41, 5.74) is 0.309. The highest BCUT2D eigenvalue weighted by Crippen LogP contribution is 2.77. The van der Waals surface area contributed by atoms with Crippen molar-refractivity contribution in [1.82, 2.24) is 0 Å². The van der Waals surface area contributed by atoms with E-state index in [4.69, 9.17) is 0 Å². The van der Waals surface area contributed by atoms with Gasteiger partial charge in [0, 0.05) is 0 Å². The lowest BCUT2D eigenvalue weighted by atomic mass is 9.32. The van der Waals surface area contributed by atoms with Gasteiger partial charge in [-0.15, -0.1) is 0 Å². The maximum absolute atomic E-state index is 12.8. The molecule has 0 radical (unpaired) electrons. The molecule has 5 saturated carbocycles. The first-order valence-electron chi connectivity index (χ1n) is 14.2. The maximum Gasteiger partial charge on any atom is 0.309 e. The van der Waals surface area contributed by atoms with E-state index in [1.807, 2.05) is 0 Å². The average Bonchev–Trinajstić information content (AvgIpc) is 3.13. The van der Waals surface area contributed by atoms with Gasteiger partial charge in [-0.05, 0) is 121 Å². The van der Waals surface area contributed by atoms with Gasteiger partial charge in [-0.3, -0.25) is 4.79 Å². The second-order valence-electron chi connectivity index (χ2n) is 15.0. The van der Waals surface area contributed by atoms with Crippen LogP contribution in [-0.4, -0.2) is 22.3 Å². The number of hydrogen-bond donors (Lipinski definition) is 2. The summed E-state index contributed by atoms with van der Waals surface area (Å²) in [6, 6.07) is 0. The molecule has 5 aliphatic carbocycles. The third kappa shape index (κ3) is 2.81. The van der Waals surface area contributed by atoms with Gasteiger partial charge in [0.1, 0.15) is 0 Å². The first-order chi connectivity index (χ1) is 15.3. The number of hydrogen-bond acceptors (Lipinski definition) is 2. The molecule has 0 amide bonds. The molecule has 0 aromatic carbocycles. The topological polar surface area (TPSA) is 57.5 Å². The van der Waals surface area contributed by atoms with E-state index in [1.165, 1.54) is 25.7 Å². The summed E-state index contributed by atoms with van der Waals surface area (Å²) in [5, 5.41) is 21.4. The molecule has 0 bridgehead atoms. The zero-order valence-electron chi connectivity index (χ0n) is 22.4. The zero-order chi connectivity index (χ0) is 24.2. The molecule has 2 N–H and O–H groups in total. The Labute approximate surface area is 202 Å². The van der Waals surface area contributed by atoms with E-state index < -0.39 is 11.4 Å². The third-order valence-electron chi connectivity index (χ3n) is 13.7. The van der Waals surface area contributed by atoms with E-state index in [0.717, 1.165) is 38.5 Å². The van der Waals surface area contributed by atoms with Crippen molar-refractivity contribution in [2.75, 3.05) is 0 Å². The Morgan fingerprint density at radius 2 is 1.48 bits per heavy atom. The smallest absolute Gasteiger partial charge is 0.309 e. The van der Waals surface area contributed by atoms with Gasteiger partial charge in [0.05, 0.1) is 11.5 Å². The van der Waals surface area contributed by atoms with Crippen LogP contribution in [0.3, 0.4) is 0 Å². The monoisotopic (exact) mass is 458 g/mol. The fourth-order valence-electron chi connectivity index (χ4n) is 11.8. The van der Waals surface area contributed by atoms with Crippen molar-refractivity contribution >= 4 is 5.97 Å². The Kier molecular flexibility index (Phi) is 5.29. The predicted octanol–water partition coefficient (Wildman–Crippen LogP) is 7.17. The maximum atomic E-state index is 12.8. The molecule has 0 saturated heterocycles. The number of carbonyl (C=O) groups is 1. The first-order valence-corrected chi connectivity index (χ1v) is 14.2. The Morgan fingerprint density at radius 1 is 0.788 bits per heavy atom. The van der Waals surface area contributed by atoms with E-state index in [-0.39, 0.29) is 27.8 Å². The van der Waals surface area contributed by atoms with Gasteiger partial charge in [-0.1, -0.05) is 48.5 Å². The van der Waals surface area contributed by atoms with Crippen LogP contribution in [0.1, 0.15) is 113 Å². The molecule has 5 fully saturated rings. The summed E-state index contributed by atoms with van der Waals surface area (Å²) in [6.07, 6.45) is 10.8. The van der Waals surface area contributed by atoms with Gasteiger partial charge in [0.15, 0.2) is 0 Å². The van der Waals surface area contributed by atoms with Gasteiger partial charge in [-0.25, -0.2) is 0 Å². The number of carboxylic acids is 1. The molecule has 188 valence electrons. The second-order valence-corrected chi connectivity index (χ2v) is 15.0. The Morgan fingerprint density at radius 3 is 2.12 bits per heavy atom. The SMILES string of the molecule is CC(C)[C@@H]1CC[C@]2(C(=O)O)CC[C@]3(C)C(CC[C@@H]4[C@@]5(C)CC[C@H](O)C(C)(C)[C@@H]5CC[C@]43C)[C@@H]12. The van der Waals surface area contributed by atoms with Crippen molar-refractivity contribution in [3.05, 3.63) is 0 Å². The minimum atomic E-state index is -0.497. The van der Waals surface area contributed by atoms with Gasteiger partial charge in [-0.2, -0.15) is 0 Å². The van der Waals surface area contributed by atoms with E-state index in [2.05, 4.69) is 48.5 Å². The molecule has 3 nitrogen and oxygen atoms in total. The van der Waals surface area contributed by atoms with Gasteiger partial charge in [0.25, 0.3) is 0 Å². The number of carboxylic acid groups (broad SMARTS) is 1. The lowest BCUT2D eigenvalue weighted by molar-refractivity contribution is -0.249. The Balaban J connectivity index is 1.56. The molecule has 1 unspecified atom stereocenters. The molecular formula is C30H50O3. The fourth-order valence-corrected chi connectivity index (χ4v) is 11.8. The van der Waals surface area contributed by atoms with Crippen LogP contribution in [0.5, 0.6) is 0 Å². The summed E-state index contributed by atoms with van der Waals surface area (Å²) >= 11 is 0. The summed E-state index contributed by atoms with van der Waals surface area (Å²) < 4.78 is 0. The summed E-state index contributed by atoms with van der Waals surface area (Å²) in [5.74, 6) is 2.79. The summed E-state index contributed by atoms with van der Waals surface area (Å²) in [6.45, 7) is 17.1. The van der Waals surface area contributed by atoms with E-state index in [1.54, 1.807) is 0 Å². The van der Waals surface area contributed by atoms with Crippen LogP contribution in [0, 0.1) is 62.6 Å². The number of aliphatic hydroxyl groups is 1. The van der Waals surface area contributed by atoms with Crippen LogP contribution in [-0.2, 0) is 4.79 Å². The Bertz CT molecular complexity index is 817. The minimum Gasteiger partial charge on any atom is -0.481 e. The summed E-state index contributed by atoms with van der Waals surface area (Å²) in [7, 11) is 0. The number of fused-ring (bicyclic) bond motifs is 7. The van der Waals surface area contributed by atoms with E-state index >= 15 is 0 Å². The average molecular weight is 459 g/mol. The van der Waals surface area contributed by atoms with Gasteiger partial charge in [0.2, 0.25) is 0 Å². The van der Waals surface area contributed by atoms with Crippen LogP contribution in [0.15, 0.2) is 0 Å². The molecule has 33 heavy (non-hydrogen) atoms. The predicted molar refractivity (Wildman–Crippen MR) is 133 cm³/mol. The van der Waals surface area contributed by atoms with Crippen molar-refractivity contribution in [2.24, 2.45) is 62.6 Å². The van der Waals surface area contributed by atoms with Gasteiger partial charge >= 0.3 is 5.97 Å². The van der Waals surface area contributed by atoms with Crippen LogP contribution in [0.25, 0.3) is 0 Å². The molecule has 0 heterocycles. The van der Waals surface area contributed by atoms with Crippen LogP contribution < -0.4 is 0 Å². The van der Waals surface area contributed by atoms with Crippen molar-refractivity contribution in [3.63, 3.8) is 0 Å². The quantitative estimate of drug-likeness (QED) is 0.461. The molecule has 5 aliphatic rings. The highest BCUT2D eigenvalue weighted by Gasteiger charge is 2.72. The molecule has 0 spiro atoms. The number of rotatable bonds is 2. The molecule has 3 heteroatoms. The molecule has 10 atom stereocenters. The second kappa shape index (κ2) is 7.23. The largest absolute Gasteiger partial charge is 0.481 e. The van der Waals surface area contributed by atoms with Crippen molar-refractivity contribution < 1.29 is 15.0 Å². The highest BCUT2D eigenvalue weighted by atomic mass is 16.4. The molecule has 0 aliphatic heterocycles. The van der Waals surface area contributed by atoms with Crippen molar-refractivity contribution in [1.29, 1.82) is 0 Å². The van der Waals surface area contributed by atoms with E-state index in [9.17, 15) is 15.0 Å². The van der Waals surface area contributed by atoms with Crippen molar-refractivity contribution in [2.45, 2.75) is 119 Å². The fraction of sp³-hybridized carbons (Fsp3) is 0.967. The van der Waals surface area contributed by atoms with Gasteiger partial charge < -0.3 is 10.2 Å². The normalized spacial score (nSPS) is 55.3. The third-order valence-corrected chi connectivity index (χ3v) is 13.7. The number of aliphatic hydroxyl groups excluding tert-OH is 1. The number of aliphatic carboxylic acids is 1. The molecule has 0 aromatic rings. The van der Waals surface area contributed by atoms with Crippen LogP contribution >= 0.6 is 0 Å². The van der Waals surface area contributed by atoms with E-state index in [0.29, 0.717) is 35.5 Å². The zero-order valence-corrected chi connectivity index (χ0v) is 22.4. The standard InChI is InChI=1S/C30H50O3/c1-18(2)19-10-15-30(25(32)33)17-16-28(6)20(24(19)30)8-9-22-27(5)13-12-23(31)26(3,4)21(27)11-14-29(22,28)7/h18-24,31H,8-17H2,1-7H3,(H,32,33)/t19-,20?,21-,22+,23-,24+,27-,28+,29+,30-/m0/s1. The minimum absolute atomic E-state index is 0.00863. The van der Waals surface area contributed by atoms with Crippen molar-refractivity contribution in [3.8, 4) is 0 Å². The lowest BCUT2D eigenvalue weighted by Crippen LogP contribution is -2.67. The van der Waals surface area contributed by atoms with Crippen LogP contribution in [0.2, 0.25) is 0 Å². The highest BCUT2D eigenvalue weighted by molar-refractivity contribution is 5.76. The lowest BCUT2D eigenvalue weighted by Gasteiger charge is -2.72.